The van der Waals surface area contributed by atoms with Crippen LogP contribution >= 0.6 is 11.3 Å². The fourth-order valence-electron chi connectivity index (χ4n) is 1.90. The van der Waals surface area contributed by atoms with Crippen LogP contribution in [0.15, 0.2) is 52.5 Å². The van der Waals surface area contributed by atoms with Crippen LogP contribution < -0.4 is 4.74 Å². The number of esters is 1. The maximum absolute atomic E-state index is 11.8. The van der Waals surface area contributed by atoms with E-state index < -0.39 is 5.97 Å². The number of aliphatic imine (C=N–C) groups is 1. The van der Waals surface area contributed by atoms with Gasteiger partial charge in [0, 0.05) is 0 Å². The van der Waals surface area contributed by atoms with Crippen molar-refractivity contribution in [1.82, 2.24) is 0 Å². The number of cyclic esters (lactones) is 1. The number of carbonyl (C=O) groups is 1. The van der Waals surface area contributed by atoms with E-state index in [0.29, 0.717) is 18.2 Å². The number of benzene rings is 1. The van der Waals surface area contributed by atoms with Crippen LogP contribution in [-0.2, 0) is 9.53 Å². The Morgan fingerprint density at radius 2 is 2.10 bits per heavy atom. The first kappa shape index (κ1) is 13.6. The van der Waals surface area contributed by atoms with Crippen molar-refractivity contribution in [3.63, 3.8) is 0 Å². The molecule has 2 heterocycles. The first-order chi connectivity index (χ1) is 10.3. The Balaban J connectivity index is 1.83. The maximum Gasteiger partial charge on any atom is 0.363 e. The first-order valence-electron chi connectivity index (χ1n) is 6.55. The van der Waals surface area contributed by atoms with Crippen molar-refractivity contribution >= 4 is 29.3 Å². The van der Waals surface area contributed by atoms with Crippen LogP contribution in [0.1, 0.15) is 17.4 Å². The van der Waals surface area contributed by atoms with E-state index in [1.54, 1.807) is 6.08 Å². The third-order valence-electron chi connectivity index (χ3n) is 2.85. The minimum Gasteiger partial charge on any atom is -0.494 e. The van der Waals surface area contributed by atoms with Crippen molar-refractivity contribution in [2.45, 2.75) is 6.92 Å². The van der Waals surface area contributed by atoms with Gasteiger partial charge >= 0.3 is 5.97 Å². The van der Waals surface area contributed by atoms with Gasteiger partial charge in [0.25, 0.3) is 0 Å². The molecule has 0 atom stereocenters. The molecule has 2 aromatic rings. The monoisotopic (exact) mass is 299 g/mol. The molecule has 1 aliphatic heterocycles. The molecule has 21 heavy (non-hydrogen) atoms. The molecule has 1 aliphatic rings. The molecule has 0 saturated heterocycles. The van der Waals surface area contributed by atoms with Crippen molar-refractivity contribution in [3.05, 3.63) is 57.9 Å². The highest BCUT2D eigenvalue weighted by Crippen LogP contribution is 2.22. The molecule has 0 fully saturated rings. The first-order valence-corrected chi connectivity index (χ1v) is 7.43. The molecule has 3 rings (SSSR count). The quantitative estimate of drug-likeness (QED) is 0.641. The Bertz CT molecular complexity index is 700. The minimum absolute atomic E-state index is 0.308. The lowest BCUT2D eigenvalue weighted by atomic mass is 10.2. The molecule has 0 radical (unpaired) electrons. The summed E-state index contributed by atoms with van der Waals surface area (Å²) in [6, 6.07) is 11.2. The molecule has 0 amide bonds. The van der Waals surface area contributed by atoms with E-state index in [0.717, 1.165) is 16.2 Å². The molecule has 4 nitrogen and oxygen atoms in total. The summed E-state index contributed by atoms with van der Waals surface area (Å²) in [5.41, 5.74) is 1.18. The van der Waals surface area contributed by atoms with Crippen molar-refractivity contribution < 1.29 is 14.3 Å². The second-order valence-corrected chi connectivity index (χ2v) is 5.26. The average Bonchev–Trinajstić information content (AvgIpc) is 3.12. The summed E-state index contributed by atoms with van der Waals surface area (Å²) in [7, 11) is 0. The van der Waals surface area contributed by atoms with Crippen molar-refractivity contribution in [2.24, 2.45) is 4.99 Å². The van der Waals surface area contributed by atoms with E-state index in [4.69, 9.17) is 9.47 Å². The molecule has 1 aromatic carbocycles. The fraction of sp³-hybridized carbons (Fsp3) is 0.125. The number of ether oxygens (including phenoxy) is 2. The summed E-state index contributed by atoms with van der Waals surface area (Å²) < 4.78 is 10.6. The van der Waals surface area contributed by atoms with Crippen LogP contribution in [0.25, 0.3) is 6.08 Å². The van der Waals surface area contributed by atoms with Gasteiger partial charge in [-0.15, -0.1) is 11.3 Å². The zero-order valence-corrected chi connectivity index (χ0v) is 12.2. The predicted octanol–water partition coefficient (Wildman–Crippen LogP) is 3.49. The highest BCUT2D eigenvalue weighted by molar-refractivity contribution is 7.12. The van der Waals surface area contributed by atoms with Crippen LogP contribution in [-0.4, -0.2) is 18.5 Å². The van der Waals surface area contributed by atoms with Crippen LogP contribution in [0.5, 0.6) is 5.75 Å². The molecule has 0 aliphatic carbocycles. The molecular weight excluding hydrogens is 286 g/mol. The fourth-order valence-corrected chi connectivity index (χ4v) is 2.55. The Morgan fingerprint density at radius 3 is 2.76 bits per heavy atom. The van der Waals surface area contributed by atoms with Crippen LogP contribution in [0.2, 0.25) is 0 Å². The number of carbonyl (C=O) groups excluding carboxylic acids is 1. The van der Waals surface area contributed by atoms with Gasteiger partial charge in [-0.3, -0.25) is 0 Å². The molecule has 0 spiro atoms. The van der Waals surface area contributed by atoms with E-state index in [1.807, 2.05) is 48.7 Å². The SMILES string of the molecule is CCOc1ccc(/C=C2/N=C(c3cccs3)OC2=O)cc1. The van der Waals surface area contributed by atoms with Gasteiger partial charge in [-0.2, -0.15) is 0 Å². The lowest BCUT2D eigenvalue weighted by molar-refractivity contribution is -0.129. The van der Waals surface area contributed by atoms with Crippen LogP contribution in [0.4, 0.5) is 0 Å². The van der Waals surface area contributed by atoms with Crippen LogP contribution in [0, 0.1) is 0 Å². The summed E-state index contributed by atoms with van der Waals surface area (Å²) >= 11 is 1.49. The van der Waals surface area contributed by atoms with E-state index in [1.165, 1.54) is 11.3 Å². The van der Waals surface area contributed by atoms with Gasteiger partial charge in [0.1, 0.15) is 5.75 Å². The van der Waals surface area contributed by atoms with E-state index >= 15 is 0 Å². The number of thiophene rings is 1. The van der Waals surface area contributed by atoms with Crippen molar-refractivity contribution in [2.75, 3.05) is 6.61 Å². The van der Waals surface area contributed by atoms with Gasteiger partial charge in [-0.25, -0.2) is 9.79 Å². The van der Waals surface area contributed by atoms with E-state index in [2.05, 4.69) is 4.99 Å². The van der Waals surface area contributed by atoms with Gasteiger partial charge in [0.2, 0.25) is 5.90 Å². The highest BCUT2D eigenvalue weighted by atomic mass is 32.1. The Kier molecular flexibility index (Phi) is 3.83. The van der Waals surface area contributed by atoms with Gasteiger partial charge in [0.05, 0.1) is 11.5 Å². The highest BCUT2D eigenvalue weighted by Gasteiger charge is 2.24. The summed E-state index contributed by atoms with van der Waals surface area (Å²) in [5, 5.41) is 1.92. The van der Waals surface area contributed by atoms with Gasteiger partial charge in [0.15, 0.2) is 5.70 Å². The molecule has 0 saturated carbocycles. The Labute approximate surface area is 126 Å². The largest absolute Gasteiger partial charge is 0.494 e. The number of rotatable bonds is 4. The molecular formula is C16H13NO3S. The Hall–Kier alpha value is -2.40. The van der Waals surface area contributed by atoms with Gasteiger partial charge < -0.3 is 9.47 Å². The smallest absolute Gasteiger partial charge is 0.363 e. The van der Waals surface area contributed by atoms with Crippen LogP contribution in [0.3, 0.4) is 0 Å². The molecule has 1 aromatic heterocycles. The van der Waals surface area contributed by atoms with E-state index in [9.17, 15) is 4.79 Å². The van der Waals surface area contributed by atoms with E-state index in [-0.39, 0.29) is 0 Å². The summed E-state index contributed by atoms with van der Waals surface area (Å²) in [4.78, 5) is 16.9. The van der Waals surface area contributed by atoms with Gasteiger partial charge in [-0.1, -0.05) is 18.2 Å². The molecule has 0 unspecified atom stereocenters. The predicted molar refractivity (Wildman–Crippen MR) is 82.5 cm³/mol. The molecule has 0 bridgehead atoms. The lowest BCUT2D eigenvalue weighted by Crippen LogP contribution is -2.03. The average molecular weight is 299 g/mol. The zero-order chi connectivity index (χ0) is 14.7. The zero-order valence-electron chi connectivity index (χ0n) is 11.4. The Morgan fingerprint density at radius 1 is 1.29 bits per heavy atom. The molecule has 5 heteroatoms. The summed E-state index contributed by atoms with van der Waals surface area (Å²) in [5.74, 6) is 0.746. The number of hydrogen-bond donors (Lipinski definition) is 0. The normalized spacial score (nSPS) is 16.0. The molecule has 0 N–H and O–H groups in total. The van der Waals surface area contributed by atoms with Crippen molar-refractivity contribution in [3.8, 4) is 5.75 Å². The number of nitrogens with zero attached hydrogens (tertiary/aromatic N) is 1. The number of hydrogen-bond acceptors (Lipinski definition) is 5. The second kappa shape index (κ2) is 5.93. The van der Waals surface area contributed by atoms with Crippen molar-refractivity contribution in [1.29, 1.82) is 0 Å². The third-order valence-corrected chi connectivity index (χ3v) is 3.70. The lowest BCUT2D eigenvalue weighted by Gasteiger charge is -2.02. The second-order valence-electron chi connectivity index (χ2n) is 4.32. The van der Waals surface area contributed by atoms with Gasteiger partial charge in [-0.05, 0) is 42.1 Å². The summed E-state index contributed by atoms with van der Waals surface area (Å²) in [6.45, 7) is 2.56. The summed E-state index contributed by atoms with van der Waals surface area (Å²) in [6.07, 6.45) is 1.71. The minimum atomic E-state index is -0.424. The molecule has 106 valence electrons. The maximum atomic E-state index is 11.8. The topological polar surface area (TPSA) is 47.9 Å². The third kappa shape index (κ3) is 3.03. The standard InChI is InChI=1S/C16H13NO3S/c1-2-19-12-7-5-11(6-8-12)10-13-16(18)20-15(17-13)14-4-3-9-21-14/h3-10H,2H2,1H3/b13-10+.